The molecule has 0 atom stereocenters. The van der Waals surface area contributed by atoms with Gasteiger partial charge in [-0.2, -0.15) is 0 Å². The highest BCUT2D eigenvalue weighted by atomic mass is 35.5. The maximum atomic E-state index is 12.1. The summed E-state index contributed by atoms with van der Waals surface area (Å²) in [6, 6.07) is 18.2. The molecule has 0 aliphatic rings. The van der Waals surface area contributed by atoms with Gasteiger partial charge in [-0.3, -0.25) is 20.4 Å². The summed E-state index contributed by atoms with van der Waals surface area (Å²) in [5.74, 6) is -0.991. The monoisotopic (exact) mass is 384 g/mol. The summed E-state index contributed by atoms with van der Waals surface area (Å²) < 4.78 is 0. The van der Waals surface area contributed by atoms with E-state index >= 15 is 0 Å². The molecule has 0 bridgehead atoms. The van der Waals surface area contributed by atoms with E-state index in [2.05, 4.69) is 10.9 Å². The number of rotatable bonds is 3. The Bertz CT molecular complexity index is 1010. The molecule has 0 fully saturated rings. The van der Waals surface area contributed by atoms with Gasteiger partial charge in [-0.1, -0.05) is 65.7 Å². The summed E-state index contributed by atoms with van der Waals surface area (Å²) >= 11 is 11.8. The number of nitrogens with one attached hydrogen (secondary N) is 2. The van der Waals surface area contributed by atoms with E-state index in [9.17, 15) is 9.59 Å². The van der Waals surface area contributed by atoms with E-state index in [0.29, 0.717) is 5.02 Å². The van der Waals surface area contributed by atoms with Gasteiger partial charge in [-0.05, 0) is 40.6 Å². The molecule has 0 aliphatic heterocycles. The molecule has 0 radical (unpaired) electrons. The van der Waals surface area contributed by atoms with Gasteiger partial charge in [0.15, 0.2) is 0 Å². The third kappa shape index (κ3) is 4.23. The lowest BCUT2D eigenvalue weighted by atomic mass is 10.0. The maximum absolute atomic E-state index is 12.1. The van der Waals surface area contributed by atoms with Gasteiger partial charge in [0, 0.05) is 11.1 Å². The van der Waals surface area contributed by atoms with Crippen LogP contribution in [0.5, 0.6) is 0 Å². The molecule has 0 saturated heterocycles. The number of amides is 2. The van der Waals surface area contributed by atoms with Gasteiger partial charge < -0.3 is 0 Å². The first-order chi connectivity index (χ1) is 12.5. The first-order valence-corrected chi connectivity index (χ1v) is 8.51. The van der Waals surface area contributed by atoms with Crippen LogP contribution < -0.4 is 10.9 Å². The van der Waals surface area contributed by atoms with Crippen LogP contribution in [-0.2, 0) is 4.79 Å². The second kappa shape index (κ2) is 8.04. The van der Waals surface area contributed by atoms with E-state index in [-0.39, 0.29) is 10.6 Å². The molecule has 3 rings (SSSR count). The molecule has 4 nitrogen and oxygen atoms in total. The van der Waals surface area contributed by atoms with E-state index < -0.39 is 11.8 Å². The quantitative estimate of drug-likeness (QED) is 0.511. The molecule has 6 heteroatoms. The van der Waals surface area contributed by atoms with E-state index in [0.717, 1.165) is 16.3 Å². The Morgan fingerprint density at radius 1 is 0.885 bits per heavy atom. The average molecular weight is 385 g/mol. The molecule has 26 heavy (non-hydrogen) atoms. The number of halogens is 2. The zero-order valence-corrected chi connectivity index (χ0v) is 15.0. The number of hydrazine groups is 1. The fourth-order valence-electron chi connectivity index (χ4n) is 2.46. The summed E-state index contributed by atoms with van der Waals surface area (Å²) in [7, 11) is 0. The Morgan fingerprint density at radius 3 is 2.46 bits per heavy atom. The molecule has 0 unspecified atom stereocenters. The standard InChI is InChI=1S/C20H14Cl2N2O2/c21-15-9-10-17(18(22)12-15)20(26)24-23-19(25)11-8-14-6-3-5-13-4-1-2-7-16(13)14/h1-12H,(H,23,25)(H,24,26). The van der Waals surface area contributed by atoms with E-state index in [4.69, 9.17) is 23.2 Å². The lowest BCUT2D eigenvalue weighted by molar-refractivity contribution is -0.117. The SMILES string of the molecule is O=C(C=Cc1cccc2ccccc12)NNC(=O)c1ccc(Cl)cc1Cl. The minimum Gasteiger partial charge on any atom is -0.268 e. The summed E-state index contributed by atoms with van der Waals surface area (Å²) in [4.78, 5) is 24.0. The summed E-state index contributed by atoms with van der Waals surface area (Å²) in [5, 5.41) is 2.75. The summed E-state index contributed by atoms with van der Waals surface area (Å²) in [6.07, 6.45) is 3.05. The van der Waals surface area contributed by atoms with Gasteiger partial charge in [0.25, 0.3) is 11.8 Å². The molecule has 3 aromatic rings. The molecule has 2 amide bonds. The van der Waals surface area contributed by atoms with Gasteiger partial charge in [0.05, 0.1) is 10.6 Å². The molecule has 0 saturated carbocycles. The third-order valence-corrected chi connectivity index (χ3v) is 4.26. The smallest absolute Gasteiger partial charge is 0.268 e. The topological polar surface area (TPSA) is 58.2 Å². The molecular formula is C20H14Cl2N2O2. The highest BCUT2D eigenvalue weighted by Gasteiger charge is 2.10. The summed E-state index contributed by atoms with van der Waals surface area (Å²) in [6.45, 7) is 0. The van der Waals surface area contributed by atoms with Crippen molar-refractivity contribution < 1.29 is 9.59 Å². The van der Waals surface area contributed by atoms with Gasteiger partial charge in [-0.15, -0.1) is 0 Å². The Balaban J connectivity index is 1.65. The molecule has 3 aromatic carbocycles. The normalized spacial score (nSPS) is 10.8. The Hall–Kier alpha value is -2.82. The lowest BCUT2D eigenvalue weighted by Crippen LogP contribution is -2.40. The van der Waals surface area contributed by atoms with Gasteiger partial charge in [0.2, 0.25) is 0 Å². The van der Waals surface area contributed by atoms with Crippen LogP contribution >= 0.6 is 23.2 Å². The number of fused-ring (bicyclic) bond motifs is 1. The van der Waals surface area contributed by atoms with Crippen molar-refractivity contribution in [2.75, 3.05) is 0 Å². The van der Waals surface area contributed by atoms with Gasteiger partial charge in [-0.25, -0.2) is 0 Å². The Kier molecular flexibility index (Phi) is 5.56. The molecular weight excluding hydrogens is 371 g/mol. The molecule has 130 valence electrons. The number of carbonyl (C=O) groups is 2. The van der Waals surface area contributed by atoms with Crippen molar-refractivity contribution in [2.45, 2.75) is 0 Å². The number of benzene rings is 3. The lowest BCUT2D eigenvalue weighted by Gasteiger charge is -2.07. The van der Waals surface area contributed by atoms with Crippen molar-refractivity contribution in [2.24, 2.45) is 0 Å². The van der Waals surface area contributed by atoms with Crippen molar-refractivity contribution in [3.8, 4) is 0 Å². The van der Waals surface area contributed by atoms with Crippen LogP contribution in [0.4, 0.5) is 0 Å². The van der Waals surface area contributed by atoms with Crippen molar-refractivity contribution in [3.05, 3.63) is 87.9 Å². The average Bonchev–Trinajstić information content (AvgIpc) is 2.64. The number of carbonyl (C=O) groups excluding carboxylic acids is 2. The Morgan fingerprint density at radius 2 is 1.65 bits per heavy atom. The number of hydrogen-bond donors (Lipinski definition) is 2. The number of hydrogen-bond acceptors (Lipinski definition) is 2. The summed E-state index contributed by atoms with van der Waals surface area (Å²) in [5.41, 5.74) is 5.76. The van der Waals surface area contributed by atoms with Crippen LogP contribution in [0.3, 0.4) is 0 Å². The minimum atomic E-state index is -0.529. The second-order valence-corrected chi connectivity index (χ2v) is 6.31. The molecule has 2 N–H and O–H groups in total. The van der Waals surface area contributed by atoms with E-state index in [1.165, 1.54) is 18.2 Å². The fourth-order valence-corrected chi connectivity index (χ4v) is 2.96. The van der Waals surface area contributed by atoms with Crippen LogP contribution in [0.1, 0.15) is 15.9 Å². The zero-order valence-electron chi connectivity index (χ0n) is 13.5. The highest BCUT2D eigenvalue weighted by molar-refractivity contribution is 6.36. The third-order valence-electron chi connectivity index (χ3n) is 3.71. The minimum absolute atomic E-state index is 0.204. The van der Waals surface area contributed by atoms with Crippen LogP contribution in [0.15, 0.2) is 66.7 Å². The predicted octanol–water partition coefficient (Wildman–Crippen LogP) is 4.62. The van der Waals surface area contributed by atoms with Gasteiger partial charge in [0.1, 0.15) is 0 Å². The molecule has 0 spiro atoms. The first-order valence-electron chi connectivity index (χ1n) is 7.76. The Labute approximate surface area is 160 Å². The predicted molar refractivity (Wildman–Crippen MR) is 105 cm³/mol. The highest BCUT2D eigenvalue weighted by Crippen LogP contribution is 2.21. The van der Waals surface area contributed by atoms with Crippen molar-refractivity contribution in [3.63, 3.8) is 0 Å². The van der Waals surface area contributed by atoms with Crippen LogP contribution in [-0.4, -0.2) is 11.8 Å². The van der Waals surface area contributed by atoms with Crippen molar-refractivity contribution in [1.82, 2.24) is 10.9 Å². The first kappa shape index (κ1) is 18.0. The van der Waals surface area contributed by atoms with E-state index in [1.807, 2.05) is 42.5 Å². The van der Waals surface area contributed by atoms with Crippen molar-refractivity contribution in [1.29, 1.82) is 0 Å². The largest absolute Gasteiger partial charge is 0.271 e. The molecule has 0 aromatic heterocycles. The van der Waals surface area contributed by atoms with Crippen LogP contribution in [0.2, 0.25) is 10.0 Å². The van der Waals surface area contributed by atoms with Crippen molar-refractivity contribution >= 4 is 51.9 Å². The zero-order chi connectivity index (χ0) is 18.5. The van der Waals surface area contributed by atoms with Crippen LogP contribution in [0.25, 0.3) is 16.8 Å². The second-order valence-electron chi connectivity index (χ2n) is 5.47. The van der Waals surface area contributed by atoms with E-state index in [1.54, 1.807) is 12.1 Å². The molecule has 0 aliphatic carbocycles. The maximum Gasteiger partial charge on any atom is 0.271 e. The van der Waals surface area contributed by atoms with Gasteiger partial charge >= 0.3 is 0 Å². The van der Waals surface area contributed by atoms with Crippen LogP contribution in [0, 0.1) is 0 Å². The molecule has 0 heterocycles. The fraction of sp³-hybridized carbons (Fsp3) is 0.